The molecule has 0 atom stereocenters. The molecule has 4 heteroatoms. The van der Waals surface area contributed by atoms with E-state index in [9.17, 15) is 4.79 Å². The molecule has 2 rings (SSSR count). The molecule has 1 amide bonds. The molecule has 0 unspecified atom stereocenters. The maximum absolute atomic E-state index is 11.8. The van der Waals surface area contributed by atoms with Gasteiger partial charge in [0.25, 0.3) is 0 Å². The second-order valence-electron chi connectivity index (χ2n) is 4.84. The van der Waals surface area contributed by atoms with E-state index in [1.165, 1.54) is 4.88 Å². The van der Waals surface area contributed by atoms with Gasteiger partial charge < -0.3 is 4.90 Å². The number of carbonyl (C=O) groups is 1. The van der Waals surface area contributed by atoms with Gasteiger partial charge in [0, 0.05) is 43.5 Å². The van der Waals surface area contributed by atoms with Gasteiger partial charge in [-0.2, -0.15) is 0 Å². The Labute approximate surface area is 107 Å². The lowest BCUT2D eigenvalue weighted by Crippen LogP contribution is -2.49. The first-order valence-electron chi connectivity index (χ1n) is 6.20. The van der Waals surface area contributed by atoms with Crippen LogP contribution in [0.2, 0.25) is 0 Å². The van der Waals surface area contributed by atoms with Crippen molar-refractivity contribution in [1.82, 2.24) is 9.80 Å². The highest BCUT2D eigenvalue weighted by Gasteiger charge is 2.22. The quantitative estimate of drug-likeness (QED) is 0.822. The highest BCUT2D eigenvalue weighted by Crippen LogP contribution is 2.14. The van der Waals surface area contributed by atoms with Crippen LogP contribution in [0.4, 0.5) is 0 Å². The van der Waals surface area contributed by atoms with Crippen LogP contribution < -0.4 is 0 Å². The Morgan fingerprint density at radius 2 is 2.06 bits per heavy atom. The number of amides is 1. The lowest BCUT2D eigenvalue weighted by atomic mass is 10.1. The van der Waals surface area contributed by atoms with Crippen molar-refractivity contribution in [3.05, 3.63) is 22.4 Å². The zero-order valence-electron chi connectivity index (χ0n) is 10.6. The third kappa shape index (κ3) is 3.30. The molecule has 17 heavy (non-hydrogen) atoms. The molecule has 1 saturated heterocycles. The maximum Gasteiger partial charge on any atom is 0.225 e. The molecule has 1 aliphatic heterocycles. The standard InChI is InChI=1S/C13H20N2OS/c1-11(2)13(16)15-7-5-14(6-8-15)10-12-4-3-9-17-12/h3-4,9,11H,5-8,10H2,1-2H3. The molecule has 0 aromatic carbocycles. The minimum atomic E-state index is 0.124. The summed E-state index contributed by atoms with van der Waals surface area (Å²) >= 11 is 1.81. The minimum Gasteiger partial charge on any atom is -0.340 e. The second kappa shape index (κ2) is 5.65. The Balaban J connectivity index is 1.80. The molecule has 1 fully saturated rings. The van der Waals surface area contributed by atoms with Crippen molar-refractivity contribution in [2.24, 2.45) is 5.92 Å². The van der Waals surface area contributed by atoms with E-state index in [2.05, 4.69) is 22.4 Å². The van der Waals surface area contributed by atoms with Crippen LogP contribution in [0.5, 0.6) is 0 Å². The SMILES string of the molecule is CC(C)C(=O)N1CCN(Cc2cccs2)CC1. The minimum absolute atomic E-state index is 0.124. The molecule has 0 spiro atoms. The number of hydrogen-bond donors (Lipinski definition) is 0. The van der Waals surface area contributed by atoms with Gasteiger partial charge in [-0.3, -0.25) is 9.69 Å². The molecule has 0 radical (unpaired) electrons. The highest BCUT2D eigenvalue weighted by molar-refractivity contribution is 7.09. The third-order valence-corrected chi connectivity index (χ3v) is 4.00. The van der Waals surface area contributed by atoms with Crippen LogP contribution in [0, 0.1) is 5.92 Å². The number of carbonyl (C=O) groups excluding carboxylic acids is 1. The Bertz CT molecular complexity index is 354. The van der Waals surface area contributed by atoms with Gasteiger partial charge >= 0.3 is 0 Å². The molecular weight excluding hydrogens is 232 g/mol. The summed E-state index contributed by atoms with van der Waals surface area (Å²) in [5, 5.41) is 2.12. The molecule has 0 saturated carbocycles. The summed E-state index contributed by atoms with van der Waals surface area (Å²) in [5.41, 5.74) is 0. The van der Waals surface area contributed by atoms with Crippen molar-refractivity contribution in [2.45, 2.75) is 20.4 Å². The predicted octanol–water partition coefficient (Wildman–Crippen LogP) is 2.05. The third-order valence-electron chi connectivity index (χ3n) is 3.14. The average molecular weight is 252 g/mol. The van der Waals surface area contributed by atoms with E-state index in [1.54, 1.807) is 11.3 Å². The number of rotatable bonds is 3. The molecule has 1 aliphatic rings. The Morgan fingerprint density at radius 1 is 1.35 bits per heavy atom. The maximum atomic E-state index is 11.8. The molecule has 94 valence electrons. The van der Waals surface area contributed by atoms with Gasteiger partial charge in [-0.05, 0) is 11.4 Å². The molecule has 1 aromatic rings. The van der Waals surface area contributed by atoms with E-state index in [-0.39, 0.29) is 5.92 Å². The van der Waals surface area contributed by atoms with Crippen LogP contribution >= 0.6 is 11.3 Å². The number of thiophene rings is 1. The summed E-state index contributed by atoms with van der Waals surface area (Å²) in [6.07, 6.45) is 0. The monoisotopic (exact) mass is 252 g/mol. The first-order valence-corrected chi connectivity index (χ1v) is 7.08. The Hall–Kier alpha value is -0.870. The molecule has 0 aliphatic carbocycles. The van der Waals surface area contributed by atoms with Crippen molar-refractivity contribution >= 4 is 17.2 Å². The van der Waals surface area contributed by atoms with Gasteiger partial charge in [0.15, 0.2) is 0 Å². The molecule has 2 heterocycles. The van der Waals surface area contributed by atoms with E-state index in [0.29, 0.717) is 5.91 Å². The van der Waals surface area contributed by atoms with E-state index >= 15 is 0 Å². The lowest BCUT2D eigenvalue weighted by molar-refractivity contribution is -0.136. The largest absolute Gasteiger partial charge is 0.340 e. The highest BCUT2D eigenvalue weighted by atomic mass is 32.1. The molecular formula is C13H20N2OS. The van der Waals surface area contributed by atoms with Crippen molar-refractivity contribution in [3.63, 3.8) is 0 Å². The zero-order valence-corrected chi connectivity index (χ0v) is 11.4. The van der Waals surface area contributed by atoms with Crippen LogP contribution in [0.15, 0.2) is 17.5 Å². The van der Waals surface area contributed by atoms with Gasteiger partial charge in [0.05, 0.1) is 0 Å². The first-order chi connectivity index (χ1) is 8.16. The summed E-state index contributed by atoms with van der Waals surface area (Å²) in [6, 6.07) is 4.27. The topological polar surface area (TPSA) is 23.6 Å². The summed E-state index contributed by atoms with van der Waals surface area (Å²) in [5.74, 6) is 0.416. The molecule has 0 bridgehead atoms. The van der Waals surface area contributed by atoms with E-state index in [0.717, 1.165) is 32.7 Å². The van der Waals surface area contributed by atoms with Crippen molar-refractivity contribution in [3.8, 4) is 0 Å². The van der Waals surface area contributed by atoms with Crippen LogP contribution in [0.1, 0.15) is 18.7 Å². The average Bonchev–Trinajstić information content (AvgIpc) is 2.82. The molecule has 0 N–H and O–H groups in total. The summed E-state index contributed by atoms with van der Waals surface area (Å²) in [6.45, 7) is 8.72. The molecule has 3 nitrogen and oxygen atoms in total. The van der Waals surface area contributed by atoms with Crippen molar-refractivity contribution in [1.29, 1.82) is 0 Å². The van der Waals surface area contributed by atoms with Crippen molar-refractivity contribution in [2.75, 3.05) is 26.2 Å². The smallest absolute Gasteiger partial charge is 0.225 e. The number of piperazine rings is 1. The normalized spacial score (nSPS) is 17.7. The lowest BCUT2D eigenvalue weighted by Gasteiger charge is -2.35. The fourth-order valence-corrected chi connectivity index (χ4v) is 2.86. The number of nitrogens with zero attached hydrogens (tertiary/aromatic N) is 2. The van der Waals surface area contributed by atoms with Gasteiger partial charge in [-0.1, -0.05) is 19.9 Å². The van der Waals surface area contributed by atoms with Gasteiger partial charge in [0.2, 0.25) is 5.91 Å². The van der Waals surface area contributed by atoms with E-state index in [1.807, 2.05) is 18.7 Å². The van der Waals surface area contributed by atoms with Crippen LogP contribution in [0.3, 0.4) is 0 Å². The second-order valence-corrected chi connectivity index (χ2v) is 5.87. The summed E-state index contributed by atoms with van der Waals surface area (Å²) in [4.78, 5) is 17.7. The van der Waals surface area contributed by atoms with Crippen LogP contribution in [0.25, 0.3) is 0 Å². The summed E-state index contributed by atoms with van der Waals surface area (Å²) in [7, 11) is 0. The summed E-state index contributed by atoms with van der Waals surface area (Å²) < 4.78 is 0. The number of hydrogen-bond acceptors (Lipinski definition) is 3. The fourth-order valence-electron chi connectivity index (χ4n) is 2.11. The van der Waals surface area contributed by atoms with Gasteiger partial charge in [0.1, 0.15) is 0 Å². The molecule has 1 aromatic heterocycles. The predicted molar refractivity (Wildman–Crippen MR) is 71.0 cm³/mol. The van der Waals surface area contributed by atoms with Crippen molar-refractivity contribution < 1.29 is 4.79 Å². The van der Waals surface area contributed by atoms with Gasteiger partial charge in [-0.15, -0.1) is 11.3 Å². The Kier molecular flexibility index (Phi) is 4.18. The first kappa shape index (κ1) is 12.6. The Morgan fingerprint density at radius 3 is 2.59 bits per heavy atom. The fraction of sp³-hybridized carbons (Fsp3) is 0.615. The zero-order chi connectivity index (χ0) is 12.3. The van der Waals surface area contributed by atoms with E-state index < -0.39 is 0 Å². The van der Waals surface area contributed by atoms with E-state index in [4.69, 9.17) is 0 Å². The van der Waals surface area contributed by atoms with Crippen LogP contribution in [-0.4, -0.2) is 41.9 Å². The van der Waals surface area contributed by atoms with Crippen LogP contribution in [-0.2, 0) is 11.3 Å². The van der Waals surface area contributed by atoms with Gasteiger partial charge in [-0.25, -0.2) is 0 Å².